The third kappa shape index (κ3) is 1.84. The van der Waals surface area contributed by atoms with E-state index in [-0.39, 0.29) is 0 Å². The molecule has 88 valence electrons. The molecule has 2 N–H and O–H groups in total. The van der Waals surface area contributed by atoms with Crippen LogP contribution in [0.25, 0.3) is 16.9 Å². The molecule has 3 aromatic rings. The molecule has 0 spiro atoms. The molecular formula is C14H12N4. The number of nitrogen functional groups attached to an aromatic ring is 1. The fraction of sp³-hybridized carbons (Fsp3) is 0. The van der Waals surface area contributed by atoms with Gasteiger partial charge in [-0.1, -0.05) is 35.5 Å². The lowest BCUT2D eigenvalue weighted by molar-refractivity contribution is 0.808. The van der Waals surface area contributed by atoms with Crippen molar-refractivity contribution in [3.63, 3.8) is 0 Å². The Labute approximate surface area is 105 Å². The van der Waals surface area contributed by atoms with Crippen LogP contribution in [0.3, 0.4) is 0 Å². The van der Waals surface area contributed by atoms with E-state index in [1.54, 1.807) is 10.9 Å². The van der Waals surface area contributed by atoms with Crippen molar-refractivity contribution < 1.29 is 0 Å². The lowest BCUT2D eigenvalue weighted by Gasteiger charge is -2.06. The van der Waals surface area contributed by atoms with E-state index in [0.29, 0.717) is 0 Å². The average molecular weight is 236 g/mol. The Bertz CT molecular complexity index is 658. The standard InChI is InChI=1S/C14H12N4/c15-12-6-4-5-11(9-12)14-10-16-17-18(14)13-7-2-1-3-8-13/h1-10H,15H2. The molecule has 0 radical (unpaired) electrons. The van der Waals surface area contributed by atoms with Crippen LogP contribution in [-0.4, -0.2) is 15.0 Å². The van der Waals surface area contributed by atoms with Crippen LogP contribution in [0.4, 0.5) is 5.69 Å². The molecule has 4 heteroatoms. The molecule has 0 aliphatic heterocycles. The normalized spacial score (nSPS) is 10.4. The number of rotatable bonds is 2. The van der Waals surface area contributed by atoms with Gasteiger partial charge in [0.2, 0.25) is 0 Å². The minimum absolute atomic E-state index is 0.730. The third-order valence-electron chi connectivity index (χ3n) is 2.73. The van der Waals surface area contributed by atoms with E-state index in [1.165, 1.54) is 0 Å². The highest BCUT2D eigenvalue weighted by Gasteiger charge is 2.08. The van der Waals surface area contributed by atoms with Crippen molar-refractivity contribution in [1.82, 2.24) is 15.0 Å². The van der Waals surface area contributed by atoms with E-state index in [4.69, 9.17) is 5.73 Å². The molecule has 3 rings (SSSR count). The maximum atomic E-state index is 5.80. The monoisotopic (exact) mass is 236 g/mol. The summed E-state index contributed by atoms with van der Waals surface area (Å²) in [6.45, 7) is 0. The van der Waals surface area contributed by atoms with Crippen LogP contribution in [0.15, 0.2) is 60.8 Å². The third-order valence-corrected chi connectivity index (χ3v) is 2.73. The number of nitrogens with two attached hydrogens (primary N) is 1. The van der Waals surface area contributed by atoms with Crippen molar-refractivity contribution in [2.24, 2.45) is 0 Å². The van der Waals surface area contributed by atoms with Crippen molar-refractivity contribution in [2.75, 3.05) is 5.73 Å². The number of anilines is 1. The van der Waals surface area contributed by atoms with Crippen LogP contribution in [0.5, 0.6) is 0 Å². The summed E-state index contributed by atoms with van der Waals surface area (Å²) >= 11 is 0. The van der Waals surface area contributed by atoms with Crippen LogP contribution in [0.1, 0.15) is 0 Å². The summed E-state index contributed by atoms with van der Waals surface area (Å²) in [5.41, 5.74) is 9.44. The van der Waals surface area contributed by atoms with Crippen molar-refractivity contribution in [3.05, 3.63) is 60.8 Å². The molecule has 0 fully saturated rings. The van der Waals surface area contributed by atoms with Gasteiger partial charge in [-0.05, 0) is 24.3 Å². The Hall–Kier alpha value is -2.62. The molecule has 18 heavy (non-hydrogen) atoms. The molecule has 1 heterocycles. The number of nitrogens with zero attached hydrogens (tertiary/aromatic N) is 3. The highest BCUT2D eigenvalue weighted by Crippen LogP contribution is 2.22. The maximum absolute atomic E-state index is 5.80. The molecule has 0 bridgehead atoms. The van der Waals surface area contributed by atoms with Crippen LogP contribution < -0.4 is 5.73 Å². The Morgan fingerprint density at radius 2 is 1.78 bits per heavy atom. The van der Waals surface area contributed by atoms with Crippen LogP contribution >= 0.6 is 0 Å². The maximum Gasteiger partial charge on any atom is 0.0945 e. The summed E-state index contributed by atoms with van der Waals surface area (Å²) in [5.74, 6) is 0. The fourth-order valence-corrected chi connectivity index (χ4v) is 1.89. The molecule has 0 saturated carbocycles. The molecule has 0 aliphatic carbocycles. The summed E-state index contributed by atoms with van der Waals surface area (Å²) in [5, 5.41) is 8.10. The number of hydrogen-bond donors (Lipinski definition) is 1. The molecule has 0 amide bonds. The number of para-hydroxylation sites is 1. The SMILES string of the molecule is Nc1cccc(-c2cnnn2-c2ccccc2)c1. The predicted octanol–water partition coefficient (Wildman–Crippen LogP) is 2.52. The summed E-state index contributed by atoms with van der Waals surface area (Å²) < 4.78 is 1.80. The van der Waals surface area contributed by atoms with Gasteiger partial charge in [0.25, 0.3) is 0 Å². The van der Waals surface area contributed by atoms with Gasteiger partial charge in [0.05, 0.1) is 17.6 Å². The van der Waals surface area contributed by atoms with Gasteiger partial charge < -0.3 is 5.73 Å². The van der Waals surface area contributed by atoms with Gasteiger partial charge in [-0.15, -0.1) is 5.10 Å². The van der Waals surface area contributed by atoms with Gasteiger partial charge in [0, 0.05) is 11.3 Å². The predicted molar refractivity (Wildman–Crippen MR) is 71.2 cm³/mol. The topological polar surface area (TPSA) is 56.7 Å². The highest BCUT2D eigenvalue weighted by atomic mass is 15.4. The zero-order valence-corrected chi connectivity index (χ0v) is 9.69. The lowest BCUT2D eigenvalue weighted by Crippen LogP contribution is -1.99. The minimum atomic E-state index is 0.730. The molecule has 4 nitrogen and oxygen atoms in total. The summed E-state index contributed by atoms with van der Waals surface area (Å²) in [6.07, 6.45) is 1.74. The first-order valence-corrected chi connectivity index (χ1v) is 5.66. The van der Waals surface area contributed by atoms with Gasteiger partial charge in [0.15, 0.2) is 0 Å². The Kier molecular flexibility index (Phi) is 2.53. The number of aromatic nitrogens is 3. The second kappa shape index (κ2) is 4.33. The molecule has 1 aromatic heterocycles. The van der Waals surface area contributed by atoms with E-state index in [2.05, 4.69) is 10.3 Å². The number of benzene rings is 2. The first kappa shape index (κ1) is 10.5. The Balaban J connectivity index is 2.13. The summed E-state index contributed by atoms with van der Waals surface area (Å²) in [7, 11) is 0. The second-order valence-electron chi connectivity index (χ2n) is 3.99. The van der Waals surface area contributed by atoms with Crippen molar-refractivity contribution in [2.45, 2.75) is 0 Å². The van der Waals surface area contributed by atoms with E-state index in [9.17, 15) is 0 Å². The van der Waals surface area contributed by atoms with Crippen molar-refractivity contribution in [1.29, 1.82) is 0 Å². The van der Waals surface area contributed by atoms with E-state index >= 15 is 0 Å². The first-order chi connectivity index (χ1) is 8.84. The Morgan fingerprint density at radius 3 is 2.56 bits per heavy atom. The summed E-state index contributed by atoms with van der Waals surface area (Å²) in [6, 6.07) is 17.6. The zero-order chi connectivity index (χ0) is 12.4. The Morgan fingerprint density at radius 1 is 0.944 bits per heavy atom. The average Bonchev–Trinajstić information content (AvgIpc) is 2.89. The van der Waals surface area contributed by atoms with E-state index < -0.39 is 0 Å². The molecular weight excluding hydrogens is 224 g/mol. The van der Waals surface area contributed by atoms with Gasteiger partial charge in [0.1, 0.15) is 0 Å². The van der Waals surface area contributed by atoms with Crippen LogP contribution in [0.2, 0.25) is 0 Å². The fourth-order valence-electron chi connectivity index (χ4n) is 1.89. The molecule has 2 aromatic carbocycles. The smallest absolute Gasteiger partial charge is 0.0945 e. The molecule has 0 atom stereocenters. The van der Waals surface area contributed by atoms with E-state index in [1.807, 2.05) is 54.6 Å². The zero-order valence-electron chi connectivity index (χ0n) is 9.69. The van der Waals surface area contributed by atoms with Crippen LogP contribution in [-0.2, 0) is 0 Å². The quantitative estimate of drug-likeness (QED) is 0.695. The van der Waals surface area contributed by atoms with Gasteiger partial charge in [-0.2, -0.15) is 0 Å². The van der Waals surface area contributed by atoms with E-state index in [0.717, 1.165) is 22.6 Å². The molecule has 0 aliphatic rings. The lowest BCUT2D eigenvalue weighted by atomic mass is 10.1. The second-order valence-corrected chi connectivity index (χ2v) is 3.99. The van der Waals surface area contributed by atoms with Crippen molar-refractivity contribution >= 4 is 5.69 Å². The number of hydrogen-bond acceptors (Lipinski definition) is 3. The summed E-state index contributed by atoms with van der Waals surface area (Å²) in [4.78, 5) is 0. The van der Waals surface area contributed by atoms with Gasteiger partial charge in [-0.3, -0.25) is 0 Å². The van der Waals surface area contributed by atoms with Crippen molar-refractivity contribution in [3.8, 4) is 16.9 Å². The first-order valence-electron chi connectivity index (χ1n) is 5.66. The van der Waals surface area contributed by atoms with Gasteiger partial charge >= 0.3 is 0 Å². The van der Waals surface area contributed by atoms with Gasteiger partial charge in [-0.25, -0.2) is 4.68 Å². The molecule has 0 saturated heterocycles. The highest BCUT2D eigenvalue weighted by molar-refractivity contribution is 5.65. The largest absolute Gasteiger partial charge is 0.399 e. The van der Waals surface area contributed by atoms with Crippen LogP contribution in [0, 0.1) is 0 Å². The molecule has 0 unspecified atom stereocenters. The minimum Gasteiger partial charge on any atom is -0.399 e.